The molecule has 2 aromatic carbocycles. The summed E-state index contributed by atoms with van der Waals surface area (Å²) in [6.45, 7) is 9.71. The van der Waals surface area contributed by atoms with Gasteiger partial charge in [-0.25, -0.2) is 4.39 Å². The molecule has 0 saturated heterocycles. The third-order valence-electron chi connectivity index (χ3n) is 5.00. The van der Waals surface area contributed by atoms with Crippen molar-refractivity contribution in [2.75, 3.05) is 11.4 Å². The van der Waals surface area contributed by atoms with Crippen LogP contribution in [0.15, 0.2) is 41.4 Å². The Bertz CT molecular complexity index is 796. The first-order valence-electron chi connectivity index (χ1n) is 8.72. The van der Waals surface area contributed by atoms with Crippen molar-refractivity contribution in [3.05, 3.63) is 56.9 Å². The number of benzene rings is 2. The molecule has 132 valence electrons. The zero-order valence-corrected chi connectivity index (χ0v) is 17.3. The summed E-state index contributed by atoms with van der Waals surface area (Å²) in [6, 6.07) is 11.5. The molecule has 1 atom stereocenters. The van der Waals surface area contributed by atoms with E-state index in [1.54, 1.807) is 12.3 Å². The minimum Gasteiger partial charge on any atom is -0.366 e. The molecular weight excluding hydrogens is 426 g/mol. The highest BCUT2D eigenvalue weighted by Crippen LogP contribution is 2.43. The van der Waals surface area contributed by atoms with Crippen LogP contribution < -0.4 is 4.90 Å². The molecule has 0 bridgehead atoms. The van der Waals surface area contributed by atoms with Gasteiger partial charge in [-0.15, -0.1) is 0 Å². The van der Waals surface area contributed by atoms with Crippen LogP contribution in [0.5, 0.6) is 0 Å². The summed E-state index contributed by atoms with van der Waals surface area (Å²) in [5.74, 6) is 0.190. The fourth-order valence-corrected chi connectivity index (χ4v) is 4.25. The van der Waals surface area contributed by atoms with E-state index in [0.29, 0.717) is 11.5 Å². The predicted octanol–water partition coefficient (Wildman–Crippen LogP) is 6.29. The first kappa shape index (κ1) is 18.4. The molecule has 0 fully saturated rings. The average molecular weight is 450 g/mol. The van der Waals surface area contributed by atoms with Crippen molar-refractivity contribution in [1.29, 1.82) is 0 Å². The Morgan fingerprint density at radius 1 is 1.28 bits per heavy atom. The van der Waals surface area contributed by atoms with Gasteiger partial charge >= 0.3 is 0 Å². The minimum atomic E-state index is -0.212. The highest BCUT2D eigenvalue weighted by atomic mass is 127. The summed E-state index contributed by atoms with van der Waals surface area (Å²) in [5.41, 5.74) is 3.67. The lowest BCUT2D eigenvalue weighted by molar-refractivity contribution is 0.380. The van der Waals surface area contributed by atoms with Crippen molar-refractivity contribution in [2.24, 2.45) is 4.99 Å². The van der Waals surface area contributed by atoms with Crippen molar-refractivity contribution in [1.82, 2.24) is 0 Å². The molecule has 1 aliphatic heterocycles. The van der Waals surface area contributed by atoms with Gasteiger partial charge in [0.2, 0.25) is 0 Å². The monoisotopic (exact) mass is 450 g/mol. The molecule has 2 nitrogen and oxygen atoms in total. The van der Waals surface area contributed by atoms with Crippen LogP contribution in [0.4, 0.5) is 15.8 Å². The number of aliphatic imine (C=N–C) groups is 1. The van der Waals surface area contributed by atoms with E-state index in [4.69, 9.17) is 0 Å². The first-order valence-corrected chi connectivity index (χ1v) is 9.80. The topological polar surface area (TPSA) is 15.6 Å². The van der Waals surface area contributed by atoms with Crippen LogP contribution in [-0.4, -0.2) is 18.3 Å². The summed E-state index contributed by atoms with van der Waals surface area (Å²) in [6.07, 6.45) is 2.70. The highest BCUT2D eigenvalue weighted by Gasteiger charge is 2.36. The number of hydrogen-bond donors (Lipinski definition) is 0. The van der Waals surface area contributed by atoms with Crippen LogP contribution in [0.3, 0.4) is 0 Å². The van der Waals surface area contributed by atoms with Gasteiger partial charge in [-0.2, -0.15) is 0 Å². The van der Waals surface area contributed by atoms with Gasteiger partial charge in [0.1, 0.15) is 5.82 Å². The summed E-state index contributed by atoms with van der Waals surface area (Å²) < 4.78 is 15.9. The normalized spacial score (nSPS) is 19.3. The molecule has 4 heteroatoms. The molecule has 25 heavy (non-hydrogen) atoms. The molecule has 0 aromatic heterocycles. The molecule has 0 radical (unpaired) electrons. The zero-order valence-electron chi connectivity index (χ0n) is 15.2. The van der Waals surface area contributed by atoms with E-state index < -0.39 is 0 Å². The van der Waals surface area contributed by atoms with E-state index in [9.17, 15) is 4.39 Å². The van der Waals surface area contributed by atoms with E-state index in [0.717, 1.165) is 27.9 Å². The predicted molar refractivity (Wildman–Crippen MR) is 113 cm³/mol. The van der Waals surface area contributed by atoms with Crippen LogP contribution >= 0.6 is 22.6 Å². The van der Waals surface area contributed by atoms with E-state index in [2.05, 4.69) is 60.2 Å². The van der Waals surface area contributed by atoms with Gasteiger partial charge in [0.25, 0.3) is 0 Å². The quantitative estimate of drug-likeness (QED) is 0.396. The first-order chi connectivity index (χ1) is 11.8. The van der Waals surface area contributed by atoms with Gasteiger partial charge in [0.15, 0.2) is 0 Å². The number of rotatable bonds is 3. The Labute approximate surface area is 163 Å². The molecular formula is C21H24FIN2. The molecule has 0 spiro atoms. The molecule has 0 amide bonds. The van der Waals surface area contributed by atoms with E-state index in [-0.39, 0.29) is 11.4 Å². The number of anilines is 1. The van der Waals surface area contributed by atoms with Gasteiger partial charge in [0, 0.05) is 33.1 Å². The third-order valence-corrected chi connectivity index (χ3v) is 5.72. The van der Waals surface area contributed by atoms with Crippen molar-refractivity contribution >= 4 is 40.2 Å². The fraction of sp³-hybridized carbons (Fsp3) is 0.381. The van der Waals surface area contributed by atoms with Crippen molar-refractivity contribution in [2.45, 2.75) is 45.6 Å². The molecule has 0 aliphatic carbocycles. The smallest absolute Gasteiger partial charge is 0.134 e. The second-order valence-electron chi connectivity index (χ2n) is 7.33. The van der Waals surface area contributed by atoms with Gasteiger partial charge in [-0.3, -0.25) is 4.99 Å². The molecule has 1 unspecified atom stereocenters. The van der Waals surface area contributed by atoms with Crippen LogP contribution in [-0.2, 0) is 0 Å². The summed E-state index contributed by atoms with van der Waals surface area (Å²) >= 11 is 2.26. The van der Waals surface area contributed by atoms with Crippen molar-refractivity contribution in [3.63, 3.8) is 0 Å². The maximum atomic E-state index is 14.7. The molecule has 2 aromatic rings. The minimum absolute atomic E-state index is 0.0460. The Balaban J connectivity index is 1.99. The van der Waals surface area contributed by atoms with E-state index >= 15 is 0 Å². The third kappa shape index (κ3) is 3.73. The number of nitrogens with zero attached hydrogens (tertiary/aromatic N) is 2. The Kier molecular flexibility index (Phi) is 5.19. The maximum Gasteiger partial charge on any atom is 0.134 e. The second-order valence-corrected chi connectivity index (χ2v) is 8.57. The lowest BCUT2D eigenvalue weighted by atomic mass is 9.79. The Hall–Kier alpha value is -1.43. The van der Waals surface area contributed by atoms with Crippen molar-refractivity contribution in [3.8, 4) is 0 Å². The molecule has 3 rings (SSSR count). The molecule has 1 aliphatic rings. The number of hydrogen-bond acceptors (Lipinski definition) is 2. The zero-order chi connectivity index (χ0) is 18.2. The Morgan fingerprint density at radius 3 is 2.60 bits per heavy atom. The number of halogens is 2. The van der Waals surface area contributed by atoms with Crippen LogP contribution in [0, 0.1) is 9.39 Å². The standard InChI is InChI=1S/C21H24FIN2/c1-5-25-20-11-19(22)15(10-18(20)14(2)12-21(25,3)4)13-24-17-8-6-16(23)7-9-17/h6-11,13-14H,5,12H2,1-4H3. The second kappa shape index (κ2) is 7.06. The Morgan fingerprint density at radius 2 is 1.96 bits per heavy atom. The molecule has 0 saturated carbocycles. The fourth-order valence-electron chi connectivity index (χ4n) is 3.89. The van der Waals surface area contributed by atoms with Gasteiger partial charge < -0.3 is 4.90 Å². The van der Waals surface area contributed by atoms with Crippen molar-refractivity contribution < 1.29 is 4.39 Å². The van der Waals surface area contributed by atoms with Crippen LogP contribution in [0.2, 0.25) is 0 Å². The highest BCUT2D eigenvalue weighted by molar-refractivity contribution is 14.1. The largest absolute Gasteiger partial charge is 0.366 e. The summed E-state index contributed by atoms with van der Waals surface area (Å²) in [5, 5.41) is 0. The van der Waals surface area contributed by atoms with Gasteiger partial charge in [-0.1, -0.05) is 6.92 Å². The van der Waals surface area contributed by atoms with E-state index in [1.165, 1.54) is 5.56 Å². The lowest BCUT2D eigenvalue weighted by Crippen LogP contribution is -2.48. The average Bonchev–Trinajstić information content (AvgIpc) is 2.54. The lowest BCUT2D eigenvalue weighted by Gasteiger charge is -2.47. The maximum absolute atomic E-state index is 14.7. The van der Waals surface area contributed by atoms with Crippen LogP contribution in [0.1, 0.15) is 51.2 Å². The molecule has 1 heterocycles. The summed E-state index contributed by atoms with van der Waals surface area (Å²) in [7, 11) is 0. The van der Waals surface area contributed by atoms with Gasteiger partial charge in [0.05, 0.1) is 5.69 Å². The van der Waals surface area contributed by atoms with Gasteiger partial charge in [-0.05, 0) is 97.7 Å². The SMILES string of the molecule is CCN1c2cc(F)c(C=Nc3ccc(I)cc3)cc2C(C)CC1(C)C. The van der Waals surface area contributed by atoms with E-state index in [1.807, 2.05) is 30.3 Å². The number of fused-ring (bicyclic) bond motifs is 1. The molecule has 0 N–H and O–H groups in total. The van der Waals surface area contributed by atoms with Crippen LogP contribution in [0.25, 0.3) is 0 Å². The summed E-state index contributed by atoms with van der Waals surface area (Å²) in [4.78, 5) is 6.75.